The Kier molecular flexibility index (Phi) is 7.77. The summed E-state index contributed by atoms with van der Waals surface area (Å²) in [6.07, 6.45) is 1.38. The molecule has 0 fully saturated rings. The number of ether oxygens (including phenoxy) is 3. The van der Waals surface area contributed by atoms with Gasteiger partial charge in [-0.3, -0.25) is 19.5 Å². The van der Waals surface area contributed by atoms with Gasteiger partial charge in [-0.15, -0.1) is 0 Å². The lowest BCUT2D eigenvalue weighted by molar-refractivity contribution is -0.385. The Balaban J connectivity index is 1.97. The number of thiazole rings is 1. The molecular formula is C27H27N3O7S. The molecule has 2 aromatic carbocycles. The van der Waals surface area contributed by atoms with Crippen molar-refractivity contribution in [1.82, 2.24) is 4.57 Å². The van der Waals surface area contributed by atoms with Crippen LogP contribution >= 0.6 is 11.3 Å². The van der Waals surface area contributed by atoms with Crippen molar-refractivity contribution in [3.8, 4) is 11.5 Å². The van der Waals surface area contributed by atoms with Crippen LogP contribution in [0.15, 0.2) is 63.5 Å². The Labute approximate surface area is 222 Å². The lowest BCUT2D eigenvalue weighted by Crippen LogP contribution is -2.40. The van der Waals surface area contributed by atoms with Crippen molar-refractivity contribution in [3.63, 3.8) is 0 Å². The van der Waals surface area contributed by atoms with E-state index in [2.05, 4.69) is 4.99 Å². The highest BCUT2D eigenvalue weighted by Gasteiger charge is 2.34. The molecule has 2 heterocycles. The maximum absolute atomic E-state index is 13.8. The van der Waals surface area contributed by atoms with Crippen molar-refractivity contribution in [2.75, 3.05) is 13.7 Å². The molecular weight excluding hydrogens is 510 g/mol. The van der Waals surface area contributed by atoms with Gasteiger partial charge in [-0.2, -0.15) is 0 Å². The van der Waals surface area contributed by atoms with Gasteiger partial charge in [0.25, 0.3) is 11.2 Å². The molecule has 1 aliphatic rings. The first-order valence-electron chi connectivity index (χ1n) is 11.9. The third-order valence-corrected chi connectivity index (χ3v) is 6.79. The van der Waals surface area contributed by atoms with E-state index in [0.717, 1.165) is 11.3 Å². The summed E-state index contributed by atoms with van der Waals surface area (Å²) in [6.45, 7) is 7.33. The molecule has 3 aromatic rings. The summed E-state index contributed by atoms with van der Waals surface area (Å²) in [4.78, 5) is 42.8. The van der Waals surface area contributed by atoms with Crippen LogP contribution in [0.3, 0.4) is 0 Å². The first-order valence-corrected chi connectivity index (χ1v) is 12.8. The third kappa shape index (κ3) is 5.10. The number of nitrogens with zero attached hydrogens (tertiary/aromatic N) is 3. The number of nitro groups is 1. The Morgan fingerprint density at radius 2 is 1.97 bits per heavy atom. The number of carbonyl (C=O) groups excluding carboxylic acids is 1. The first-order chi connectivity index (χ1) is 18.2. The summed E-state index contributed by atoms with van der Waals surface area (Å²) < 4.78 is 18.4. The van der Waals surface area contributed by atoms with E-state index >= 15 is 0 Å². The fourth-order valence-corrected chi connectivity index (χ4v) is 5.27. The number of hydrogen-bond donors (Lipinski definition) is 0. The normalized spacial score (nSPS) is 15.2. The average molecular weight is 538 g/mol. The minimum Gasteiger partial charge on any atom is -0.493 e. The fourth-order valence-electron chi connectivity index (χ4n) is 4.23. The molecule has 0 saturated carbocycles. The van der Waals surface area contributed by atoms with Gasteiger partial charge in [-0.05, 0) is 57.5 Å². The van der Waals surface area contributed by atoms with Crippen LogP contribution in [0.2, 0.25) is 0 Å². The summed E-state index contributed by atoms with van der Waals surface area (Å²) in [6, 6.07) is 10.5. The van der Waals surface area contributed by atoms with Crippen molar-refractivity contribution >= 4 is 29.1 Å². The second-order valence-electron chi connectivity index (χ2n) is 8.70. The number of aromatic nitrogens is 1. The Hall–Kier alpha value is -4.25. The smallest absolute Gasteiger partial charge is 0.338 e. The molecule has 0 saturated heterocycles. The van der Waals surface area contributed by atoms with Gasteiger partial charge in [0, 0.05) is 6.07 Å². The summed E-state index contributed by atoms with van der Waals surface area (Å²) in [7, 11) is 1.51. The topological polar surface area (TPSA) is 122 Å². The van der Waals surface area contributed by atoms with Crippen LogP contribution in [-0.4, -0.2) is 35.3 Å². The maximum atomic E-state index is 13.8. The van der Waals surface area contributed by atoms with E-state index in [-0.39, 0.29) is 34.1 Å². The van der Waals surface area contributed by atoms with Gasteiger partial charge in [-0.1, -0.05) is 29.5 Å². The standard InChI is InChI=1S/C27H27N3O7S/c1-6-36-26(32)23-16(4)28-27-29(24(23)18-11-12-20(37-15(2)3)21(13-18)35-5)25(31)22(38-27)14-17-9-7-8-10-19(17)30(33)34/h7-15,24H,6H2,1-5H3/b22-14-/t24-/m1/s1. The Morgan fingerprint density at radius 1 is 1.24 bits per heavy atom. The molecule has 0 radical (unpaired) electrons. The molecule has 1 atom stereocenters. The maximum Gasteiger partial charge on any atom is 0.338 e. The minimum absolute atomic E-state index is 0.0910. The van der Waals surface area contributed by atoms with Crippen LogP contribution in [0.5, 0.6) is 11.5 Å². The highest BCUT2D eigenvalue weighted by molar-refractivity contribution is 7.07. The predicted molar refractivity (Wildman–Crippen MR) is 142 cm³/mol. The quantitative estimate of drug-likeness (QED) is 0.245. The van der Waals surface area contributed by atoms with Crippen LogP contribution in [0.4, 0.5) is 5.69 Å². The number of para-hydroxylation sites is 1. The van der Waals surface area contributed by atoms with Gasteiger partial charge >= 0.3 is 5.97 Å². The van der Waals surface area contributed by atoms with E-state index in [9.17, 15) is 19.7 Å². The number of esters is 1. The minimum atomic E-state index is -0.861. The molecule has 0 aliphatic carbocycles. The number of allylic oxidation sites excluding steroid dienone is 1. The van der Waals surface area contributed by atoms with Crippen molar-refractivity contribution in [3.05, 3.63) is 94.7 Å². The van der Waals surface area contributed by atoms with Crippen molar-refractivity contribution < 1.29 is 23.9 Å². The second-order valence-corrected chi connectivity index (χ2v) is 9.70. The van der Waals surface area contributed by atoms with Gasteiger partial charge < -0.3 is 14.2 Å². The number of fused-ring (bicyclic) bond motifs is 1. The van der Waals surface area contributed by atoms with Crippen molar-refractivity contribution in [1.29, 1.82) is 0 Å². The van der Waals surface area contributed by atoms with Crippen LogP contribution in [-0.2, 0) is 9.53 Å². The molecule has 11 heteroatoms. The molecule has 4 rings (SSSR count). The van der Waals surface area contributed by atoms with Gasteiger partial charge in [0.1, 0.15) is 0 Å². The molecule has 0 bridgehead atoms. The lowest BCUT2D eigenvalue weighted by atomic mass is 9.95. The van der Waals surface area contributed by atoms with Gasteiger partial charge in [0.15, 0.2) is 16.3 Å². The number of rotatable bonds is 8. The highest BCUT2D eigenvalue weighted by Crippen LogP contribution is 2.36. The molecule has 1 aromatic heterocycles. The second kappa shape index (κ2) is 11.0. The van der Waals surface area contributed by atoms with E-state index in [1.54, 1.807) is 50.2 Å². The monoisotopic (exact) mass is 537 g/mol. The van der Waals surface area contributed by atoms with E-state index in [1.807, 2.05) is 13.8 Å². The SMILES string of the molecule is CCOC(=O)C1=C(C)N=c2s/c(=C\c3ccccc3[N+](=O)[O-])c(=O)n2[C@@H]1c1ccc(OC(C)C)c(OC)c1. The average Bonchev–Trinajstić information content (AvgIpc) is 3.17. The van der Waals surface area contributed by atoms with Crippen molar-refractivity contribution in [2.45, 2.75) is 39.8 Å². The number of benzene rings is 2. The Morgan fingerprint density at radius 3 is 2.63 bits per heavy atom. The zero-order valence-corrected chi connectivity index (χ0v) is 22.4. The van der Waals surface area contributed by atoms with Crippen LogP contribution in [0.1, 0.15) is 44.9 Å². The van der Waals surface area contributed by atoms with Gasteiger partial charge in [0.2, 0.25) is 0 Å². The molecule has 198 valence electrons. The lowest BCUT2D eigenvalue weighted by Gasteiger charge is -2.25. The van der Waals surface area contributed by atoms with E-state index in [4.69, 9.17) is 14.2 Å². The van der Waals surface area contributed by atoms with Crippen LogP contribution < -0.4 is 24.4 Å². The van der Waals surface area contributed by atoms with Gasteiger partial charge in [0.05, 0.1) is 52.2 Å². The molecule has 38 heavy (non-hydrogen) atoms. The van der Waals surface area contributed by atoms with Crippen LogP contribution in [0.25, 0.3) is 6.08 Å². The molecule has 0 spiro atoms. The van der Waals surface area contributed by atoms with Gasteiger partial charge in [-0.25, -0.2) is 9.79 Å². The number of methoxy groups -OCH3 is 1. The zero-order valence-electron chi connectivity index (χ0n) is 21.6. The Bertz CT molecular complexity index is 1620. The largest absolute Gasteiger partial charge is 0.493 e. The zero-order chi connectivity index (χ0) is 27.6. The van der Waals surface area contributed by atoms with E-state index in [1.165, 1.54) is 23.8 Å². The van der Waals surface area contributed by atoms with Crippen molar-refractivity contribution in [2.24, 2.45) is 4.99 Å². The molecule has 0 N–H and O–H groups in total. The molecule has 0 amide bonds. The van der Waals surface area contributed by atoms with E-state index < -0.39 is 22.5 Å². The molecule has 0 unspecified atom stereocenters. The van der Waals surface area contributed by atoms with E-state index in [0.29, 0.717) is 27.6 Å². The third-order valence-electron chi connectivity index (χ3n) is 5.80. The summed E-state index contributed by atoms with van der Waals surface area (Å²) in [5.74, 6) is 0.373. The number of hydrogen-bond acceptors (Lipinski definition) is 9. The molecule has 10 nitrogen and oxygen atoms in total. The summed E-state index contributed by atoms with van der Waals surface area (Å²) in [5, 5.41) is 11.5. The first kappa shape index (κ1) is 26.8. The summed E-state index contributed by atoms with van der Waals surface area (Å²) in [5.41, 5.74) is 0.951. The molecule has 1 aliphatic heterocycles. The number of carbonyl (C=O) groups is 1. The predicted octanol–water partition coefficient (Wildman–Crippen LogP) is 3.50. The fraction of sp³-hybridized carbons (Fsp3) is 0.296. The highest BCUT2D eigenvalue weighted by atomic mass is 32.1. The summed E-state index contributed by atoms with van der Waals surface area (Å²) >= 11 is 1.09. The number of nitro benzene ring substituents is 1. The van der Waals surface area contributed by atoms with Crippen LogP contribution in [0, 0.1) is 10.1 Å².